The molecular weight excluding hydrogens is 478 g/mol. The van der Waals surface area contributed by atoms with Crippen LogP contribution in [0, 0.1) is 0 Å². The number of rotatable bonds is 5. The largest absolute Gasteiger partial charge is 0.311 e. The SMILES string of the molecule is CC(C)(C)c1ccc(N(c2ccc(-c3ccc(C=O)s3)cc2)c2ccc(C(C)(C)C)cc2)cc1.CS. The van der Waals surface area contributed by atoms with E-state index in [-0.39, 0.29) is 10.8 Å². The van der Waals surface area contributed by atoms with Crippen molar-refractivity contribution in [3.05, 3.63) is 101 Å². The Kier molecular flexibility index (Phi) is 8.86. The highest BCUT2D eigenvalue weighted by molar-refractivity contribution is 7.79. The van der Waals surface area contributed by atoms with Gasteiger partial charge in [0, 0.05) is 21.9 Å². The summed E-state index contributed by atoms with van der Waals surface area (Å²) >= 11 is 5.05. The lowest BCUT2D eigenvalue weighted by molar-refractivity contribution is 0.112. The zero-order valence-corrected chi connectivity index (χ0v) is 24.1. The second-order valence-corrected chi connectivity index (χ2v) is 11.9. The second kappa shape index (κ2) is 11.5. The van der Waals surface area contributed by atoms with Gasteiger partial charge in [-0.2, -0.15) is 12.6 Å². The predicted molar refractivity (Wildman–Crippen MR) is 162 cm³/mol. The van der Waals surface area contributed by atoms with E-state index in [2.05, 4.69) is 132 Å². The van der Waals surface area contributed by atoms with Crippen LogP contribution in [0.25, 0.3) is 10.4 Å². The van der Waals surface area contributed by atoms with Gasteiger partial charge in [-0.25, -0.2) is 0 Å². The number of hydrogen-bond acceptors (Lipinski definition) is 4. The van der Waals surface area contributed by atoms with Gasteiger partial charge >= 0.3 is 0 Å². The lowest BCUT2D eigenvalue weighted by Gasteiger charge is -2.28. The highest BCUT2D eigenvalue weighted by atomic mass is 32.1. The molecule has 3 aromatic carbocycles. The number of carbonyl (C=O) groups excluding carboxylic acids is 1. The molecule has 0 aliphatic carbocycles. The number of nitrogens with zero attached hydrogens (tertiary/aromatic N) is 1. The van der Waals surface area contributed by atoms with Gasteiger partial charge in [-0.3, -0.25) is 4.79 Å². The number of carbonyl (C=O) groups is 1. The van der Waals surface area contributed by atoms with E-state index in [4.69, 9.17) is 0 Å². The molecule has 1 heterocycles. The maximum absolute atomic E-state index is 11.1. The maximum atomic E-state index is 11.1. The molecule has 0 saturated heterocycles. The predicted octanol–water partition coefficient (Wildman–Crippen LogP) is 9.84. The molecule has 0 amide bonds. The van der Waals surface area contributed by atoms with Crippen molar-refractivity contribution in [2.75, 3.05) is 11.2 Å². The van der Waals surface area contributed by atoms with Crippen molar-refractivity contribution in [3.8, 4) is 10.4 Å². The molecule has 4 heteroatoms. The Morgan fingerprint density at radius 3 is 1.33 bits per heavy atom. The average molecular weight is 516 g/mol. The number of anilines is 3. The van der Waals surface area contributed by atoms with Crippen molar-refractivity contribution >= 4 is 47.3 Å². The summed E-state index contributed by atoms with van der Waals surface area (Å²) in [6.45, 7) is 13.4. The lowest BCUT2D eigenvalue weighted by Crippen LogP contribution is -2.14. The first-order chi connectivity index (χ1) is 17.1. The van der Waals surface area contributed by atoms with E-state index in [0.717, 1.165) is 38.7 Å². The van der Waals surface area contributed by atoms with E-state index in [1.807, 2.05) is 12.1 Å². The Hall–Kier alpha value is -2.82. The van der Waals surface area contributed by atoms with Gasteiger partial charge in [0.1, 0.15) is 0 Å². The first-order valence-corrected chi connectivity index (χ1v) is 13.9. The molecule has 0 saturated carbocycles. The highest BCUT2D eigenvalue weighted by Crippen LogP contribution is 2.38. The molecule has 0 atom stereocenters. The Balaban J connectivity index is 0.00000176. The van der Waals surface area contributed by atoms with Crippen LogP contribution < -0.4 is 4.90 Å². The van der Waals surface area contributed by atoms with E-state index in [0.29, 0.717) is 0 Å². The number of hydrogen-bond donors (Lipinski definition) is 1. The van der Waals surface area contributed by atoms with Crippen LogP contribution in [0.15, 0.2) is 84.9 Å². The molecule has 0 bridgehead atoms. The van der Waals surface area contributed by atoms with E-state index >= 15 is 0 Å². The van der Waals surface area contributed by atoms with Crippen LogP contribution in [-0.2, 0) is 10.8 Å². The number of aldehydes is 1. The fourth-order valence-corrected chi connectivity index (χ4v) is 4.84. The summed E-state index contributed by atoms with van der Waals surface area (Å²) in [6, 6.07) is 30.2. The van der Waals surface area contributed by atoms with Crippen LogP contribution in [0.5, 0.6) is 0 Å². The molecule has 0 unspecified atom stereocenters. The van der Waals surface area contributed by atoms with E-state index in [1.54, 1.807) is 6.26 Å². The van der Waals surface area contributed by atoms with Crippen LogP contribution in [-0.4, -0.2) is 12.5 Å². The second-order valence-electron chi connectivity index (χ2n) is 10.8. The van der Waals surface area contributed by atoms with Gasteiger partial charge in [-0.05, 0) is 82.3 Å². The minimum atomic E-state index is 0.112. The van der Waals surface area contributed by atoms with Gasteiger partial charge < -0.3 is 4.90 Å². The third-order valence-corrected chi connectivity index (χ3v) is 7.20. The summed E-state index contributed by atoms with van der Waals surface area (Å²) in [5, 5.41) is 0. The molecule has 0 spiro atoms. The average Bonchev–Trinajstić information content (AvgIpc) is 3.35. The smallest absolute Gasteiger partial charge is 0.160 e. The zero-order chi connectivity index (χ0) is 26.5. The van der Waals surface area contributed by atoms with Crippen LogP contribution in [0.1, 0.15) is 62.3 Å². The summed E-state index contributed by atoms with van der Waals surface area (Å²) < 4.78 is 0. The Labute approximate surface area is 226 Å². The first-order valence-electron chi connectivity index (χ1n) is 12.2. The molecule has 1 aromatic heterocycles. The van der Waals surface area contributed by atoms with Gasteiger partial charge in [-0.15, -0.1) is 11.3 Å². The molecule has 188 valence electrons. The molecule has 0 aliphatic heterocycles. The van der Waals surface area contributed by atoms with Crippen molar-refractivity contribution in [2.45, 2.75) is 52.4 Å². The lowest BCUT2D eigenvalue weighted by atomic mass is 9.86. The molecular formula is C32H37NOS2. The van der Waals surface area contributed by atoms with Crippen molar-refractivity contribution in [1.29, 1.82) is 0 Å². The Bertz CT molecular complexity index is 1200. The molecule has 2 nitrogen and oxygen atoms in total. The zero-order valence-electron chi connectivity index (χ0n) is 22.4. The van der Waals surface area contributed by atoms with Crippen LogP contribution >= 0.6 is 24.0 Å². The van der Waals surface area contributed by atoms with Gasteiger partial charge in [-0.1, -0.05) is 77.9 Å². The van der Waals surface area contributed by atoms with Crippen LogP contribution in [0.2, 0.25) is 0 Å². The van der Waals surface area contributed by atoms with Gasteiger partial charge in [0.15, 0.2) is 6.29 Å². The number of thiol groups is 1. The summed E-state index contributed by atoms with van der Waals surface area (Å²) in [6.07, 6.45) is 2.60. The van der Waals surface area contributed by atoms with E-state index in [1.165, 1.54) is 22.5 Å². The standard InChI is InChI=1S/C31H33NOS.CH4S/c1-30(2,3)23-9-15-26(16-10-23)32(27-17-11-24(12-18-27)31(4,5)6)25-13-7-22(8-14-25)29-20-19-28(21-33)34-29;1-2/h7-21H,1-6H3;2H,1H3. The Morgan fingerprint density at radius 1 is 0.611 bits per heavy atom. The minimum Gasteiger partial charge on any atom is -0.311 e. The van der Waals surface area contributed by atoms with E-state index in [9.17, 15) is 4.79 Å². The van der Waals surface area contributed by atoms with Crippen molar-refractivity contribution < 1.29 is 4.79 Å². The first kappa shape index (κ1) is 27.8. The monoisotopic (exact) mass is 515 g/mol. The Morgan fingerprint density at radius 2 is 1.00 bits per heavy atom. The topological polar surface area (TPSA) is 20.3 Å². The molecule has 0 radical (unpaired) electrons. The molecule has 4 rings (SSSR count). The fourth-order valence-electron chi connectivity index (χ4n) is 4.01. The minimum absolute atomic E-state index is 0.112. The number of benzene rings is 3. The summed E-state index contributed by atoms with van der Waals surface area (Å²) in [5.41, 5.74) is 7.33. The van der Waals surface area contributed by atoms with Gasteiger partial charge in [0.25, 0.3) is 0 Å². The highest BCUT2D eigenvalue weighted by Gasteiger charge is 2.18. The van der Waals surface area contributed by atoms with Crippen LogP contribution in [0.3, 0.4) is 0 Å². The molecule has 36 heavy (non-hydrogen) atoms. The van der Waals surface area contributed by atoms with Crippen molar-refractivity contribution in [2.24, 2.45) is 0 Å². The summed E-state index contributed by atoms with van der Waals surface area (Å²) in [7, 11) is 0. The molecule has 0 aliphatic rings. The van der Waals surface area contributed by atoms with E-state index < -0.39 is 0 Å². The van der Waals surface area contributed by atoms with Crippen molar-refractivity contribution in [1.82, 2.24) is 0 Å². The molecule has 4 aromatic rings. The normalized spacial score (nSPS) is 11.4. The summed E-state index contributed by atoms with van der Waals surface area (Å²) in [5.74, 6) is 0. The van der Waals surface area contributed by atoms with Gasteiger partial charge in [0.2, 0.25) is 0 Å². The third-order valence-electron chi connectivity index (χ3n) is 6.14. The van der Waals surface area contributed by atoms with Crippen molar-refractivity contribution in [3.63, 3.8) is 0 Å². The van der Waals surface area contributed by atoms with Crippen LogP contribution in [0.4, 0.5) is 17.1 Å². The summed E-state index contributed by atoms with van der Waals surface area (Å²) in [4.78, 5) is 15.2. The number of thiophene rings is 1. The fraction of sp³-hybridized carbons (Fsp3) is 0.281. The molecule has 0 fully saturated rings. The molecule has 0 N–H and O–H groups in total. The maximum Gasteiger partial charge on any atom is 0.160 e. The quantitative estimate of drug-likeness (QED) is 0.211. The van der Waals surface area contributed by atoms with Gasteiger partial charge in [0.05, 0.1) is 4.88 Å². The third kappa shape index (κ3) is 6.48.